The van der Waals surface area contributed by atoms with E-state index in [-0.39, 0.29) is 0 Å². The topological polar surface area (TPSA) is 51.0 Å². The van der Waals surface area contributed by atoms with E-state index in [4.69, 9.17) is 4.52 Å². The molecule has 0 saturated heterocycles. The monoisotopic (exact) mass is 279 g/mol. The fourth-order valence-corrected chi connectivity index (χ4v) is 2.24. The summed E-state index contributed by atoms with van der Waals surface area (Å²) in [6.07, 6.45) is 0. The summed E-state index contributed by atoms with van der Waals surface area (Å²) in [5.74, 6) is 1.20. The highest BCUT2D eigenvalue weighted by Gasteiger charge is 2.08. The molecule has 2 aromatic carbocycles. The van der Waals surface area contributed by atoms with Crippen LogP contribution in [-0.2, 0) is 0 Å². The average molecular weight is 279 g/mol. The maximum absolute atomic E-state index is 5.02. The lowest BCUT2D eigenvalue weighted by molar-refractivity contribution is 0.394. The van der Waals surface area contributed by atoms with Gasteiger partial charge in [-0.2, -0.15) is 4.98 Å². The summed E-state index contributed by atoms with van der Waals surface area (Å²) < 4.78 is 5.02. The standard InChI is InChI=1S/C17H17N3O/c1-11-5-4-6-15(9-11)19-16-8-7-14(10-12(16)2)17-18-13(3)21-20-17/h4-10,19H,1-3H3. The lowest BCUT2D eigenvalue weighted by Crippen LogP contribution is -1.94. The fraction of sp³-hybridized carbons (Fsp3) is 0.176. The van der Waals surface area contributed by atoms with Crippen LogP contribution in [0, 0.1) is 20.8 Å². The van der Waals surface area contributed by atoms with E-state index in [0.29, 0.717) is 11.7 Å². The number of hydrogen-bond acceptors (Lipinski definition) is 4. The van der Waals surface area contributed by atoms with Crippen LogP contribution in [0.3, 0.4) is 0 Å². The Morgan fingerprint density at radius 3 is 2.52 bits per heavy atom. The molecule has 0 spiro atoms. The van der Waals surface area contributed by atoms with Crippen molar-refractivity contribution in [3.63, 3.8) is 0 Å². The summed E-state index contributed by atoms with van der Waals surface area (Å²) in [6, 6.07) is 14.4. The second-order valence-electron chi connectivity index (χ2n) is 5.16. The van der Waals surface area contributed by atoms with Crippen LogP contribution in [0.5, 0.6) is 0 Å². The summed E-state index contributed by atoms with van der Waals surface area (Å²) in [5.41, 5.74) is 5.48. The van der Waals surface area contributed by atoms with E-state index in [2.05, 4.69) is 53.6 Å². The fourth-order valence-electron chi connectivity index (χ4n) is 2.24. The summed E-state index contributed by atoms with van der Waals surface area (Å²) in [5, 5.41) is 7.38. The molecule has 0 bridgehead atoms. The van der Waals surface area contributed by atoms with Gasteiger partial charge in [0.05, 0.1) is 0 Å². The summed E-state index contributed by atoms with van der Waals surface area (Å²) in [7, 11) is 0. The van der Waals surface area contributed by atoms with Crippen molar-refractivity contribution in [2.24, 2.45) is 0 Å². The SMILES string of the molecule is Cc1cccc(Nc2ccc(-c3noc(C)n3)cc2C)c1. The van der Waals surface area contributed by atoms with Crippen LogP contribution in [0.25, 0.3) is 11.4 Å². The van der Waals surface area contributed by atoms with Crippen molar-refractivity contribution >= 4 is 11.4 Å². The van der Waals surface area contributed by atoms with Gasteiger partial charge in [-0.25, -0.2) is 0 Å². The van der Waals surface area contributed by atoms with E-state index in [0.717, 1.165) is 22.5 Å². The molecule has 0 saturated carbocycles. The van der Waals surface area contributed by atoms with Gasteiger partial charge in [0.15, 0.2) is 0 Å². The van der Waals surface area contributed by atoms with Crippen molar-refractivity contribution in [2.45, 2.75) is 20.8 Å². The van der Waals surface area contributed by atoms with Crippen molar-refractivity contribution in [2.75, 3.05) is 5.32 Å². The molecule has 0 aliphatic rings. The van der Waals surface area contributed by atoms with Gasteiger partial charge in [0.2, 0.25) is 11.7 Å². The maximum Gasteiger partial charge on any atom is 0.223 e. The quantitative estimate of drug-likeness (QED) is 0.771. The molecule has 0 amide bonds. The predicted molar refractivity (Wildman–Crippen MR) is 83.7 cm³/mol. The van der Waals surface area contributed by atoms with E-state index in [9.17, 15) is 0 Å². The van der Waals surface area contributed by atoms with E-state index in [1.54, 1.807) is 6.92 Å². The highest BCUT2D eigenvalue weighted by atomic mass is 16.5. The average Bonchev–Trinajstić information content (AvgIpc) is 2.88. The largest absolute Gasteiger partial charge is 0.355 e. The zero-order valence-corrected chi connectivity index (χ0v) is 12.3. The highest BCUT2D eigenvalue weighted by Crippen LogP contribution is 2.25. The number of hydrogen-bond donors (Lipinski definition) is 1. The van der Waals surface area contributed by atoms with Crippen LogP contribution in [0.15, 0.2) is 47.0 Å². The molecule has 0 fully saturated rings. The van der Waals surface area contributed by atoms with Crippen molar-refractivity contribution in [3.05, 3.63) is 59.5 Å². The van der Waals surface area contributed by atoms with Crippen LogP contribution in [0.2, 0.25) is 0 Å². The molecule has 3 rings (SSSR count). The molecule has 0 atom stereocenters. The number of nitrogens with zero attached hydrogens (tertiary/aromatic N) is 2. The molecule has 0 aliphatic heterocycles. The molecular weight excluding hydrogens is 262 g/mol. The van der Waals surface area contributed by atoms with Gasteiger partial charge in [0.25, 0.3) is 0 Å². The summed E-state index contributed by atoms with van der Waals surface area (Å²) >= 11 is 0. The van der Waals surface area contributed by atoms with E-state index < -0.39 is 0 Å². The van der Waals surface area contributed by atoms with Gasteiger partial charge in [0.1, 0.15) is 0 Å². The number of nitrogens with one attached hydrogen (secondary N) is 1. The van der Waals surface area contributed by atoms with Crippen LogP contribution < -0.4 is 5.32 Å². The molecule has 4 nitrogen and oxygen atoms in total. The minimum Gasteiger partial charge on any atom is -0.355 e. The van der Waals surface area contributed by atoms with Gasteiger partial charge in [-0.15, -0.1) is 0 Å². The van der Waals surface area contributed by atoms with Gasteiger partial charge in [-0.1, -0.05) is 17.3 Å². The third-order valence-corrected chi connectivity index (χ3v) is 3.31. The molecule has 3 aromatic rings. The molecule has 4 heteroatoms. The first-order valence-corrected chi connectivity index (χ1v) is 6.87. The Morgan fingerprint density at radius 2 is 1.86 bits per heavy atom. The van der Waals surface area contributed by atoms with Crippen molar-refractivity contribution in [3.8, 4) is 11.4 Å². The number of aromatic nitrogens is 2. The Hall–Kier alpha value is -2.62. The molecule has 21 heavy (non-hydrogen) atoms. The normalized spacial score (nSPS) is 10.6. The highest BCUT2D eigenvalue weighted by molar-refractivity contribution is 5.68. The first-order valence-electron chi connectivity index (χ1n) is 6.87. The van der Waals surface area contributed by atoms with Crippen molar-refractivity contribution in [1.82, 2.24) is 10.1 Å². The van der Waals surface area contributed by atoms with E-state index in [1.807, 2.05) is 18.2 Å². The summed E-state index contributed by atoms with van der Waals surface area (Å²) in [4.78, 5) is 4.25. The molecule has 1 aromatic heterocycles. The Morgan fingerprint density at radius 1 is 1.00 bits per heavy atom. The number of anilines is 2. The van der Waals surface area contributed by atoms with Gasteiger partial charge in [-0.05, 0) is 55.3 Å². The lowest BCUT2D eigenvalue weighted by Gasteiger charge is -2.11. The minimum atomic E-state index is 0.574. The van der Waals surface area contributed by atoms with E-state index >= 15 is 0 Å². The molecule has 1 N–H and O–H groups in total. The van der Waals surface area contributed by atoms with E-state index in [1.165, 1.54) is 5.56 Å². The van der Waals surface area contributed by atoms with Crippen LogP contribution in [0.1, 0.15) is 17.0 Å². The van der Waals surface area contributed by atoms with Gasteiger partial charge in [-0.3, -0.25) is 0 Å². The minimum absolute atomic E-state index is 0.574. The Kier molecular flexibility index (Phi) is 3.44. The Labute approximate surface area is 123 Å². The number of benzene rings is 2. The Bertz CT molecular complexity index is 777. The second kappa shape index (κ2) is 5.40. The zero-order valence-electron chi connectivity index (χ0n) is 12.3. The van der Waals surface area contributed by atoms with Crippen LogP contribution in [0.4, 0.5) is 11.4 Å². The molecule has 0 radical (unpaired) electrons. The lowest BCUT2D eigenvalue weighted by atomic mass is 10.1. The van der Waals surface area contributed by atoms with Crippen molar-refractivity contribution in [1.29, 1.82) is 0 Å². The second-order valence-corrected chi connectivity index (χ2v) is 5.16. The molecular formula is C17H17N3O. The smallest absolute Gasteiger partial charge is 0.223 e. The van der Waals surface area contributed by atoms with Crippen molar-refractivity contribution < 1.29 is 4.52 Å². The molecule has 1 heterocycles. The third kappa shape index (κ3) is 2.94. The van der Waals surface area contributed by atoms with Gasteiger partial charge in [0, 0.05) is 23.9 Å². The third-order valence-electron chi connectivity index (χ3n) is 3.31. The van der Waals surface area contributed by atoms with Gasteiger partial charge < -0.3 is 9.84 Å². The zero-order chi connectivity index (χ0) is 14.8. The maximum atomic E-state index is 5.02. The molecule has 0 unspecified atom stereocenters. The summed E-state index contributed by atoms with van der Waals surface area (Å²) in [6.45, 7) is 5.94. The number of aryl methyl sites for hydroxylation is 3. The first-order chi connectivity index (χ1) is 10.1. The first kappa shape index (κ1) is 13.4. The number of rotatable bonds is 3. The predicted octanol–water partition coefficient (Wildman–Crippen LogP) is 4.41. The Balaban J connectivity index is 1.88. The van der Waals surface area contributed by atoms with Crippen LogP contribution >= 0.6 is 0 Å². The van der Waals surface area contributed by atoms with Gasteiger partial charge >= 0.3 is 0 Å². The van der Waals surface area contributed by atoms with Crippen LogP contribution in [-0.4, -0.2) is 10.1 Å². The molecule has 0 aliphatic carbocycles. The molecule has 106 valence electrons.